The highest BCUT2D eigenvalue weighted by Crippen LogP contribution is 2.31. The highest BCUT2D eigenvalue weighted by Gasteiger charge is 2.04. The molecule has 0 radical (unpaired) electrons. The van der Waals surface area contributed by atoms with Gasteiger partial charge < -0.3 is 5.73 Å². The molecule has 0 heterocycles. The van der Waals surface area contributed by atoms with Gasteiger partial charge in [0.05, 0.1) is 5.02 Å². The Morgan fingerprint density at radius 3 is 2.63 bits per heavy atom. The van der Waals surface area contributed by atoms with Crippen molar-refractivity contribution >= 4 is 23.4 Å². The lowest BCUT2D eigenvalue weighted by molar-refractivity contribution is 0.966. The van der Waals surface area contributed by atoms with E-state index in [1.807, 2.05) is 6.07 Å². The second-order valence-electron chi connectivity index (χ2n) is 4.52. The van der Waals surface area contributed by atoms with Crippen molar-refractivity contribution in [3.05, 3.63) is 64.2 Å². The molecule has 2 aromatic rings. The largest absolute Gasteiger partial charge is 0.330 e. The third-order valence-electron chi connectivity index (χ3n) is 3.07. The van der Waals surface area contributed by atoms with Gasteiger partial charge in [-0.05, 0) is 48.7 Å². The van der Waals surface area contributed by atoms with Crippen molar-refractivity contribution in [2.45, 2.75) is 24.0 Å². The van der Waals surface area contributed by atoms with Gasteiger partial charge in [0.15, 0.2) is 0 Å². The van der Waals surface area contributed by atoms with Crippen molar-refractivity contribution in [2.75, 3.05) is 6.54 Å². The van der Waals surface area contributed by atoms with Crippen molar-refractivity contribution in [2.24, 2.45) is 5.73 Å². The molecule has 0 atom stereocenters. The topological polar surface area (TPSA) is 26.0 Å². The molecule has 0 aliphatic heterocycles. The number of nitrogens with two attached hydrogens (primary N) is 1. The quantitative estimate of drug-likeness (QED) is 0.824. The van der Waals surface area contributed by atoms with E-state index in [1.165, 1.54) is 16.7 Å². The molecule has 0 saturated carbocycles. The number of rotatable bonds is 5. The van der Waals surface area contributed by atoms with Crippen LogP contribution >= 0.6 is 23.4 Å². The van der Waals surface area contributed by atoms with Gasteiger partial charge in [0, 0.05) is 10.6 Å². The number of hydrogen-bond acceptors (Lipinski definition) is 2. The summed E-state index contributed by atoms with van der Waals surface area (Å²) in [7, 11) is 0. The van der Waals surface area contributed by atoms with Gasteiger partial charge in [-0.2, -0.15) is 0 Å². The highest BCUT2D eigenvalue weighted by atomic mass is 35.5. The Labute approximate surface area is 124 Å². The van der Waals surface area contributed by atoms with Gasteiger partial charge in [-0.1, -0.05) is 41.9 Å². The Morgan fingerprint density at radius 1 is 1.16 bits per heavy atom. The van der Waals surface area contributed by atoms with Crippen molar-refractivity contribution in [3.8, 4) is 0 Å². The Morgan fingerprint density at radius 2 is 1.95 bits per heavy atom. The molecule has 0 unspecified atom stereocenters. The van der Waals surface area contributed by atoms with Gasteiger partial charge in [-0.3, -0.25) is 0 Å². The minimum absolute atomic E-state index is 0.659. The molecule has 0 fully saturated rings. The molecule has 0 saturated heterocycles. The number of aryl methyl sites for hydroxylation is 1. The van der Waals surface area contributed by atoms with Crippen LogP contribution in [-0.2, 0) is 12.2 Å². The number of benzene rings is 2. The molecule has 0 spiro atoms. The molecule has 19 heavy (non-hydrogen) atoms. The molecular weight excluding hydrogens is 274 g/mol. The lowest BCUT2D eigenvalue weighted by Gasteiger charge is -2.08. The Bertz CT molecular complexity index is 554. The normalized spacial score (nSPS) is 10.7. The SMILES string of the molecule is Cc1ccccc1CSc1ccc(CCN)cc1Cl. The van der Waals surface area contributed by atoms with E-state index in [9.17, 15) is 0 Å². The molecule has 0 amide bonds. The molecule has 2 rings (SSSR count). The summed E-state index contributed by atoms with van der Waals surface area (Å²) in [4.78, 5) is 1.13. The molecular formula is C16H18ClNS. The van der Waals surface area contributed by atoms with E-state index in [0.717, 1.165) is 22.1 Å². The van der Waals surface area contributed by atoms with Gasteiger partial charge in [0.2, 0.25) is 0 Å². The molecule has 100 valence electrons. The van der Waals surface area contributed by atoms with Gasteiger partial charge in [0.1, 0.15) is 0 Å². The first-order valence-electron chi connectivity index (χ1n) is 6.36. The maximum absolute atomic E-state index is 6.31. The van der Waals surface area contributed by atoms with Crippen LogP contribution in [0.1, 0.15) is 16.7 Å². The minimum Gasteiger partial charge on any atom is -0.330 e. The maximum atomic E-state index is 6.31. The summed E-state index contributed by atoms with van der Waals surface area (Å²) < 4.78 is 0. The summed E-state index contributed by atoms with van der Waals surface area (Å²) in [5, 5.41) is 0.824. The summed E-state index contributed by atoms with van der Waals surface area (Å²) in [5.74, 6) is 0.947. The van der Waals surface area contributed by atoms with Crippen LogP contribution in [0.15, 0.2) is 47.4 Å². The summed E-state index contributed by atoms with van der Waals surface area (Å²) in [6, 6.07) is 14.7. The van der Waals surface area contributed by atoms with Crippen LogP contribution in [0.25, 0.3) is 0 Å². The summed E-state index contributed by atoms with van der Waals surface area (Å²) in [6.45, 7) is 2.80. The van der Waals surface area contributed by atoms with Crippen molar-refractivity contribution < 1.29 is 0 Å². The molecule has 0 aromatic heterocycles. The summed E-state index contributed by atoms with van der Waals surface area (Å²) in [6.07, 6.45) is 0.877. The van der Waals surface area contributed by atoms with E-state index < -0.39 is 0 Å². The van der Waals surface area contributed by atoms with Crippen LogP contribution < -0.4 is 5.73 Å². The molecule has 3 heteroatoms. The van der Waals surface area contributed by atoms with Crippen molar-refractivity contribution in [1.82, 2.24) is 0 Å². The minimum atomic E-state index is 0.659. The second-order valence-corrected chi connectivity index (χ2v) is 5.94. The fourth-order valence-corrected chi connectivity index (χ4v) is 3.27. The molecule has 2 aromatic carbocycles. The summed E-state index contributed by atoms with van der Waals surface area (Å²) in [5.41, 5.74) is 9.43. The first kappa shape index (κ1) is 14.4. The fourth-order valence-electron chi connectivity index (χ4n) is 1.91. The van der Waals surface area contributed by atoms with Crippen LogP contribution in [0.4, 0.5) is 0 Å². The first-order valence-corrected chi connectivity index (χ1v) is 7.73. The predicted molar refractivity (Wildman–Crippen MR) is 85.0 cm³/mol. The Kier molecular flexibility index (Phi) is 5.32. The van der Waals surface area contributed by atoms with Crippen molar-refractivity contribution in [3.63, 3.8) is 0 Å². The van der Waals surface area contributed by atoms with Gasteiger partial charge in [-0.25, -0.2) is 0 Å². The predicted octanol–water partition coefficient (Wildman–Crippen LogP) is 4.44. The van der Waals surface area contributed by atoms with Gasteiger partial charge in [-0.15, -0.1) is 11.8 Å². The monoisotopic (exact) mass is 291 g/mol. The van der Waals surface area contributed by atoms with E-state index in [4.69, 9.17) is 17.3 Å². The second kappa shape index (κ2) is 6.99. The maximum Gasteiger partial charge on any atom is 0.0544 e. The molecule has 1 nitrogen and oxygen atoms in total. The Balaban J connectivity index is 2.06. The van der Waals surface area contributed by atoms with E-state index in [0.29, 0.717) is 6.54 Å². The van der Waals surface area contributed by atoms with E-state index >= 15 is 0 Å². The lowest BCUT2D eigenvalue weighted by Crippen LogP contribution is -2.02. The number of thioether (sulfide) groups is 1. The van der Waals surface area contributed by atoms with E-state index in [1.54, 1.807) is 11.8 Å². The highest BCUT2D eigenvalue weighted by molar-refractivity contribution is 7.98. The van der Waals surface area contributed by atoms with Crippen LogP contribution in [0.3, 0.4) is 0 Å². The van der Waals surface area contributed by atoms with Crippen molar-refractivity contribution in [1.29, 1.82) is 0 Å². The first-order chi connectivity index (χ1) is 9.20. The average Bonchev–Trinajstić information content (AvgIpc) is 2.40. The number of hydrogen-bond donors (Lipinski definition) is 1. The van der Waals surface area contributed by atoms with Crippen LogP contribution in [0.5, 0.6) is 0 Å². The smallest absolute Gasteiger partial charge is 0.0544 e. The molecule has 0 aliphatic carbocycles. The van der Waals surface area contributed by atoms with E-state index in [2.05, 4.69) is 43.3 Å². The molecule has 0 bridgehead atoms. The van der Waals surface area contributed by atoms with Crippen LogP contribution in [-0.4, -0.2) is 6.54 Å². The Hall–Kier alpha value is -0.960. The van der Waals surface area contributed by atoms with Gasteiger partial charge in [0.25, 0.3) is 0 Å². The standard InChI is InChI=1S/C16H18ClNS/c1-12-4-2-3-5-14(12)11-19-16-7-6-13(8-9-18)10-15(16)17/h2-7,10H,8-9,11,18H2,1H3. The van der Waals surface area contributed by atoms with Gasteiger partial charge >= 0.3 is 0 Å². The zero-order valence-electron chi connectivity index (χ0n) is 11.0. The number of halogens is 1. The third-order valence-corrected chi connectivity index (χ3v) is 4.62. The fraction of sp³-hybridized carbons (Fsp3) is 0.250. The average molecular weight is 292 g/mol. The summed E-state index contributed by atoms with van der Waals surface area (Å²) >= 11 is 8.09. The zero-order valence-corrected chi connectivity index (χ0v) is 12.6. The van der Waals surface area contributed by atoms with Crippen LogP contribution in [0.2, 0.25) is 5.02 Å². The zero-order chi connectivity index (χ0) is 13.7. The molecule has 2 N–H and O–H groups in total. The molecule has 0 aliphatic rings. The van der Waals surface area contributed by atoms with E-state index in [-0.39, 0.29) is 0 Å². The third kappa shape index (κ3) is 4.00. The lowest BCUT2D eigenvalue weighted by atomic mass is 10.1. The van der Waals surface area contributed by atoms with Crippen LogP contribution in [0, 0.1) is 6.92 Å².